The maximum Gasteiger partial charge on any atom is 0.143 e. The van der Waals surface area contributed by atoms with Gasteiger partial charge in [0.15, 0.2) is 0 Å². The smallest absolute Gasteiger partial charge is 0.143 e. The summed E-state index contributed by atoms with van der Waals surface area (Å²) in [6.07, 6.45) is 9.05. The summed E-state index contributed by atoms with van der Waals surface area (Å²) in [5.74, 6) is 1.82. The Morgan fingerprint density at radius 3 is 2.61 bits per heavy atom. The SMILES string of the molecule is C=C(Oc1ccc(Cl)cc1)[C@@H]1C(=O)CC[C@H]1CCCCCCC. The van der Waals surface area contributed by atoms with Crippen LogP contribution in [0.15, 0.2) is 36.6 Å². The van der Waals surface area contributed by atoms with Crippen LogP contribution in [-0.4, -0.2) is 5.78 Å². The molecular weight excluding hydrogens is 308 g/mol. The molecule has 1 aliphatic rings. The minimum absolute atomic E-state index is 0.142. The second-order valence-corrected chi connectivity index (χ2v) is 6.90. The molecule has 1 fully saturated rings. The normalized spacial score (nSPS) is 20.7. The summed E-state index contributed by atoms with van der Waals surface area (Å²) in [6.45, 7) is 6.26. The molecule has 0 radical (unpaired) electrons. The van der Waals surface area contributed by atoms with E-state index in [1.165, 1.54) is 32.1 Å². The lowest BCUT2D eigenvalue weighted by Gasteiger charge is -2.21. The van der Waals surface area contributed by atoms with Gasteiger partial charge in [-0.3, -0.25) is 4.79 Å². The lowest BCUT2D eigenvalue weighted by atomic mass is 9.89. The standard InChI is InChI=1S/C20H27ClO2/c1-3-4-5-6-7-8-16-9-14-19(22)20(16)15(2)23-18-12-10-17(21)11-13-18/h10-13,16,20H,2-9,14H2,1H3/t16-,20+/m1/s1. The Hall–Kier alpha value is -1.28. The molecule has 0 aromatic heterocycles. The molecular formula is C20H27ClO2. The number of ether oxygens (including phenoxy) is 1. The van der Waals surface area contributed by atoms with Crippen molar-refractivity contribution < 1.29 is 9.53 Å². The van der Waals surface area contributed by atoms with Gasteiger partial charge >= 0.3 is 0 Å². The third-order valence-corrected chi connectivity index (χ3v) is 4.92. The zero-order chi connectivity index (χ0) is 16.7. The van der Waals surface area contributed by atoms with Gasteiger partial charge in [0.25, 0.3) is 0 Å². The zero-order valence-corrected chi connectivity index (χ0v) is 14.8. The summed E-state index contributed by atoms with van der Waals surface area (Å²) >= 11 is 5.88. The number of Topliss-reactive ketones (excluding diaryl/α,β-unsaturated/α-hetero) is 1. The van der Waals surface area contributed by atoms with Gasteiger partial charge in [0.05, 0.1) is 5.92 Å². The average Bonchev–Trinajstić information content (AvgIpc) is 2.90. The molecule has 2 nitrogen and oxygen atoms in total. The van der Waals surface area contributed by atoms with Crippen molar-refractivity contribution in [1.29, 1.82) is 0 Å². The fourth-order valence-electron chi connectivity index (χ4n) is 3.39. The second kappa shape index (κ2) is 9.12. The predicted octanol–water partition coefficient (Wildman–Crippen LogP) is 6.19. The molecule has 0 spiro atoms. The number of carbonyl (C=O) groups excluding carboxylic acids is 1. The van der Waals surface area contributed by atoms with Crippen LogP contribution < -0.4 is 4.74 Å². The Labute approximate surface area is 144 Å². The molecule has 1 aromatic rings. The molecule has 126 valence electrons. The van der Waals surface area contributed by atoms with Crippen LogP contribution in [0.3, 0.4) is 0 Å². The van der Waals surface area contributed by atoms with Crippen LogP contribution >= 0.6 is 11.6 Å². The fraction of sp³-hybridized carbons (Fsp3) is 0.550. The number of carbonyl (C=O) groups is 1. The third kappa shape index (κ3) is 5.39. The number of hydrogen-bond acceptors (Lipinski definition) is 2. The van der Waals surface area contributed by atoms with Gasteiger partial charge in [-0.25, -0.2) is 0 Å². The molecule has 2 rings (SSSR count). The highest BCUT2D eigenvalue weighted by Gasteiger charge is 2.37. The molecule has 0 unspecified atom stereocenters. The van der Waals surface area contributed by atoms with Crippen LogP contribution in [0.2, 0.25) is 5.02 Å². The molecule has 0 bridgehead atoms. The highest BCUT2D eigenvalue weighted by Crippen LogP contribution is 2.37. The largest absolute Gasteiger partial charge is 0.462 e. The van der Waals surface area contributed by atoms with Crippen LogP contribution in [0.5, 0.6) is 5.75 Å². The number of halogens is 1. The van der Waals surface area contributed by atoms with E-state index in [1.54, 1.807) is 12.1 Å². The summed E-state index contributed by atoms with van der Waals surface area (Å²) in [5, 5.41) is 0.671. The Kier molecular flexibility index (Phi) is 7.16. The number of hydrogen-bond donors (Lipinski definition) is 0. The summed E-state index contributed by atoms with van der Waals surface area (Å²) < 4.78 is 5.82. The van der Waals surface area contributed by atoms with Crippen molar-refractivity contribution in [1.82, 2.24) is 0 Å². The van der Waals surface area contributed by atoms with Crippen molar-refractivity contribution in [3.05, 3.63) is 41.6 Å². The number of benzene rings is 1. The fourth-order valence-corrected chi connectivity index (χ4v) is 3.52. The molecule has 1 saturated carbocycles. The predicted molar refractivity (Wildman–Crippen MR) is 95.8 cm³/mol. The van der Waals surface area contributed by atoms with E-state index in [0.29, 0.717) is 28.9 Å². The van der Waals surface area contributed by atoms with Gasteiger partial charge in [-0.2, -0.15) is 0 Å². The van der Waals surface area contributed by atoms with Crippen LogP contribution in [0, 0.1) is 11.8 Å². The van der Waals surface area contributed by atoms with E-state index in [-0.39, 0.29) is 11.7 Å². The first-order valence-electron chi connectivity index (χ1n) is 8.76. The van der Waals surface area contributed by atoms with Crippen LogP contribution in [0.1, 0.15) is 58.3 Å². The Bertz CT molecular complexity index is 521. The zero-order valence-electron chi connectivity index (χ0n) is 14.0. The Morgan fingerprint density at radius 2 is 1.91 bits per heavy atom. The van der Waals surface area contributed by atoms with E-state index in [4.69, 9.17) is 16.3 Å². The number of unbranched alkanes of at least 4 members (excludes halogenated alkanes) is 4. The molecule has 0 aliphatic heterocycles. The van der Waals surface area contributed by atoms with E-state index in [1.807, 2.05) is 12.1 Å². The first kappa shape index (κ1) is 18.1. The molecule has 2 atom stereocenters. The average molecular weight is 335 g/mol. The quantitative estimate of drug-likeness (QED) is 0.397. The highest BCUT2D eigenvalue weighted by molar-refractivity contribution is 6.30. The summed E-state index contributed by atoms with van der Waals surface area (Å²) in [7, 11) is 0. The van der Waals surface area contributed by atoms with E-state index < -0.39 is 0 Å². The van der Waals surface area contributed by atoms with E-state index in [2.05, 4.69) is 13.5 Å². The molecule has 0 heterocycles. The van der Waals surface area contributed by atoms with Gasteiger partial charge in [-0.05, 0) is 43.0 Å². The van der Waals surface area contributed by atoms with Crippen molar-refractivity contribution >= 4 is 17.4 Å². The Balaban J connectivity index is 1.87. The summed E-state index contributed by atoms with van der Waals surface area (Å²) in [4.78, 5) is 12.2. The van der Waals surface area contributed by atoms with Crippen molar-refractivity contribution in [3.8, 4) is 5.75 Å². The first-order chi connectivity index (χ1) is 11.1. The van der Waals surface area contributed by atoms with Crippen molar-refractivity contribution in [2.45, 2.75) is 58.3 Å². The van der Waals surface area contributed by atoms with E-state index >= 15 is 0 Å². The van der Waals surface area contributed by atoms with Gasteiger partial charge in [0.2, 0.25) is 0 Å². The molecule has 1 aromatic carbocycles. The molecule has 3 heteroatoms. The van der Waals surface area contributed by atoms with Crippen LogP contribution in [-0.2, 0) is 4.79 Å². The minimum atomic E-state index is -0.142. The lowest BCUT2D eigenvalue weighted by Crippen LogP contribution is -2.20. The second-order valence-electron chi connectivity index (χ2n) is 6.47. The first-order valence-corrected chi connectivity index (χ1v) is 9.14. The van der Waals surface area contributed by atoms with Crippen LogP contribution in [0.25, 0.3) is 0 Å². The molecule has 0 N–H and O–H groups in total. The third-order valence-electron chi connectivity index (χ3n) is 4.67. The van der Waals surface area contributed by atoms with Gasteiger partial charge in [-0.15, -0.1) is 0 Å². The van der Waals surface area contributed by atoms with Gasteiger partial charge in [-0.1, -0.05) is 57.2 Å². The van der Waals surface area contributed by atoms with E-state index in [0.717, 1.165) is 12.8 Å². The number of ketones is 1. The number of allylic oxidation sites excluding steroid dienone is 1. The molecule has 0 amide bonds. The monoisotopic (exact) mass is 334 g/mol. The molecule has 1 aliphatic carbocycles. The summed E-state index contributed by atoms with van der Waals surface area (Å²) in [5.41, 5.74) is 0. The maximum atomic E-state index is 12.2. The Morgan fingerprint density at radius 1 is 1.22 bits per heavy atom. The van der Waals surface area contributed by atoms with Crippen LogP contribution in [0.4, 0.5) is 0 Å². The maximum absolute atomic E-state index is 12.2. The van der Waals surface area contributed by atoms with Crippen molar-refractivity contribution in [2.24, 2.45) is 11.8 Å². The van der Waals surface area contributed by atoms with Gasteiger partial charge in [0, 0.05) is 11.4 Å². The van der Waals surface area contributed by atoms with Gasteiger partial charge < -0.3 is 4.74 Å². The van der Waals surface area contributed by atoms with Crippen molar-refractivity contribution in [2.75, 3.05) is 0 Å². The number of rotatable bonds is 9. The lowest BCUT2D eigenvalue weighted by molar-refractivity contribution is -0.120. The molecule has 0 saturated heterocycles. The van der Waals surface area contributed by atoms with Gasteiger partial charge in [0.1, 0.15) is 17.3 Å². The minimum Gasteiger partial charge on any atom is -0.462 e. The topological polar surface area (TPSA) is 26.3 Å². The highest BCUT2D eigenvalue weighted by atomic mass is 35.5. The molecule has 23 heavy (non-hydrogen) atoms. The summed E-state index contributed by atoms with van der Waals surface area (Å²) in [6, 6.07) is 7.19. The van der Waals surface area contributed by atoms with E-state index in [9.17, 15) is 4.79 Å². The van der Waals surface area contributed by atoms with Crippen molar-refractivity contribution in [3.63, 3.8) is 0 Å².